The fourth-order valence-corrected chi connectivity index (χ4v) is 10.4. The number of aliphatic hydroxyl groups excluding tert-OH is 5. The van der Waals surface area contributed by atoms with Crippen LogP contribution in [0.4, 0.5) is 5.69 Å². The van der Waals surface area contributed by atoms with Gasteiger partial charge in [-0.15, -0.1) is 0 Å². The van der Waals surface area contributed by atoms with Gasteiger partial charge in [-0.05, 0) is 78.6 Å². The summed E-state index contributed by atoms with van der Waals surface area (Å²) in [5.41, 5.74) is 1.02. The minimum atomic E-state index is -3.14. The number of hydrogen-bond acceptors (Lipinski definition) is 14. The fraction of sp³-hybridized carbons (Fsp3) is 0.435. The summed E-state index contributed by atoms with van der Waals surface area (Å²) in [4.78, 5) is 38.8. The Hall–Kier alpha value is -5.46. The molecule has 3 aromatic rings. The van der Waals surface area contributed by atoms with E-state index in [1.165, 1.54) is 24.3 Å². The number of aromatic hydroxyl groups is 2. The first kappa shape index (κ1) is 43.2. The zero-order valence-corrected chi connectivity index (χ0v) is 33.8. The SMILES string of the molecule is O=C(/C=C/c1ccc(O)c(CC2=NCN=C2)c1)N1c2cc(O[C@]3(O)O[C@H](CO)[C@@H](O)[C@H](O)[C@H]3O)c(O)cc2[C@H]2[C@H](C3(c4ccccc4)CCCCC3)C(CCCO)=C[C@]21C(=O)O. The van der Waals surface area contributed by atoms with Gasteiger partial charge in [-0.25, -0.2) is 4.79 Å². The van der Waals surface area contributed by atoms with Crippen LogP contribution in [0.5, 0.6) is 17.2 Å². The lowest BCUT2D eigenvalue weighted by atomic mass is 9.56. The summed E-state index contributed by atoms with van der Waals surface area (Å²) in [6.45, 7) is -0.765. The molecule has 0 aromatic heterocycles. The third-order valence-corrected chi connectivity index (χ3v) is 13.2. The summed E-state index contributed by atoms with van der Waals surface area (Å²) >= 11 is 0. The molecule has 2 fully saturated rings. The van der Waals surface area contributed by atoms with Gasteiger partial charge in [-0.1, -0.05) is 61.2 Å². The minimum Gasteiger partial charge on any atom is -0.508 e. The number of phenolic OH excluding ortho intramolecular Hbond substituents is 2. The Balaban J connectivity index is 1.29. The highest BCUT2D eigenvalue weighted by Gasteiger charge is 2.67. The van der Waals surface area contributed by atoms with E-state index in [0.29, 0.717) is 49.2 Å². The number of ether oxygens (including phenoxy) is 2. The third-order valence-electron chi connectivity index (χ3n) is 13.2. The highest BCUT2D eigenvalue weighted by molar-refractivity contribution is 6.32. The average molecular weight is 854 g/mol. The van der Waals surface area contributed by atoms with Gasteiger partial charge in [-0.2, -0.15) is 0 Å². The number of phenols is 2. The van der Waals surface area contributed by atoms with Crippen LogP contribution in [-0.4, -0.2) is 126 Å². The summed E-state index contributed by atoms with van der Waals surface area (Å²) in [6.07, 6.45) is 3.13. The van der Waals surface area contributed by atoms with E-state index in [9.17, 15) is 55.5 Å². The average Bonchev–Trinajstić information content (AvgIpc) is 3.98. The van der Waals surface area contributed by atoms with Gasteiger partial charge in [0.1, 0.15) is 30.7 Å². The van der Waals surface area contributed by atoms with Gasteiger partial charge in [0, 0.05) is 48.3 Å². The molecule has 9 N–H and O–H groups in total. The molecule has 328 valence electrons. The Bertz CT molecular complexity index is 2320. The number of carbonyl (C=O) groups is 2. The van der Waals surface area contributed by atoms with Crippen molar-refractivity contribution in [3.05, 3.63) is 101 Å². The normalized spacial score (nSPS) is 29.9. The molecule has 0 spiro atoms. The number of carboxylic acids is 1. The van der Waals surface area contributed by atoms with Crippen LogP contribution in [0, 0.1) is 5.92 Å². The van der Waals surface area contributed by atoms with E-state index >= 15 is 0 Å². The Morgan fingerprint density at radius 3 is 2.37 bits per heavy atom. The second-order valence-electron chi connectivity index (χ2n) is 16.8. The van der Waals surface area contributed by atoms with E-state index in [2.05, 4.69) is 9.98 Å². The highest BCUT2D eigenvalue weighted by Crippen LogP contribution is 2.66. The molecule has 62 heavy (non-hydrogen) atoms. The molecule has 0 bridgehead atoms. The van der Waals surface area contributed by atoms with Crippen molar-refractivity contribution in [2.24, 2.45) is 15.9 Å². The molecule has 16 heteroatoms. The largest absolute Gasteiger partial charge is 0.508 e. The zero-order valence-electron chi connectivity index (χ0n) is 33.8. The summed E-state index contributed by atoms with van der Waals surface area (Å²) in [6, 6.07) is 17.0. The summed E-state index contributed by atoms with van der Waals surface area (Å²) < 4.78 is 11.0. The third kappa shape index (κ3) is 7.28. The number of amides is 1. The van der Waals surface area contributed by atoms with Crippen molar-refractivity contribution >= 4 is 35.6 Å². The lowest BCUT2D eigenvalue weighted by molar-refractivity contribution is -0.422. The Labute approximate surface area is 357 Å². The van der Waals surface area contributed by atoms with Crippen LogP contribution >= 0.6 is 0 Å². The molecule has 16 nitrogen and oxygen atoms in total. The first-order valence-electron chi connectivity index (χ1n) is 20.9. The number of fused-ring (bicyclic) bond motifs is 3. The van der Waals surface area contributed by atoms with Crippen LogP contribution in [-0.2, 0) is 26.2 Å². The molecule has 0 unspecified atom stereocenters. The topological polar surface area (TPSA) is 263 Å². The summed E-state index contributed by atoms with van der Waals surface area (Å²) in [5, 5.41) is 97.0. The van der Waals surface area contributed by atoms with Crippen LogP contribution in [0.25, 0.3) is 6.08 Å². The van der Waals surface area contributed by atoms with Gasteiger partial charge < -0.3 is 55.4 Å². The fourth-order valence-electron chi connectivity index (χ4n) is 10.4. The molecule has 3 heterocycles. The van der Waals surface area contributed by atoms with Gasteiger partial charge in [-0.3, -0.25) is 19.7 Å². The number of aliphatic imine (C=N–C) groups is 2. The zero-order chi connectivity index (χ0) is 44.0. The molecular formula is C46H51N3O13. The number of rotatable bonds is 13. The summed E-state index contributed by atoms with van der Waals surface area (Å²) in [7, 11) is 0. The molecule has 2 aliphatic carbocycles. The smallest absolute Gasteiger partial charge is 0.355 e. The molecular weight excluding hydrogens is 803 g/mol. The van der Waals surface area contributed by atoms with Gasteiger partial charge in [0.25, 0.3) is 5.91 Å². The number of nitrogens with zero attached hydrogens (tertiary/aromatic N) is 3. The van der Waals surface area contributed by atoms with Crippen LogP contribution in [0.15, 0.2) is 88.4 Å². The quantitative estimate of drug-likeness (QED) is 0.0682. The number of aliphatic hydroxyl groups is 6. The van der Waals surface area contributed by atoms with Crippen LogP contribution < -0.4 is 9.64 Å². The lowest BCUT2D eigenvalue weighted by Crippen LogP contribution is -2.67. The van der Waals surface area contributed by atoms with Crippen LogP contribution in [0.1, 0.15) is 73.1 Å². The monoisotopic (exact) mass is 853 g/mol. The summed E-state index contributed by atoms with van der Waals surface area (Å²) in [5.74, 6) is -8.02. The van der Waals surface area contributed by atoms with Gasteiger partial charge >= 0.3 is 11.9 Å². The lowest BCUT2D eigenvalue weighted by Gasteiger charge is -2.47. The van der Waals surface area contributed by atoms with E-state index in [1.807, 2.05) is 30.3 Å². The maximum atomic E-state index is 15.0. The molecule has 8 atom stereocenters. The van der Waals surface area contributed by atoms with Gasteiger partial charge in [0.15, 0.2) is 23.1 Å². The molecule has 1 saturated heterocycles. The number of allylic oxidation sites excluding steroid dienone is 1. The minimum absolute atomic E-state index is 0.000512. The van der Waals surface area contributed by atoms with Crippen molar-refractivity contribution < 1.29 is 65.0 Å². The van der Waals surface area contributed by atoms with Crippen molar-refractivity contribution in [2.75, 3.05) is 24.8 Å². The molecule has 8 rings (SSSR count). The number of carbonyl (C=O) groups excluding carboxylic acids is 1. The standard InChI is InChI=1S/C46H51N3O13/c50-17-7-8-27-22-45(43(58)59)39(38(27)44(15-5-2-6-16-44)29-9-3-1-4-10-29)31-20-34(53)35(61-46(60)42(57)41(56)40(55)36(24-51)62-46)21-32(31)49(45)37(54)14-12-26-11-13-33(52)28(18-26)19-30-23-47-25-48-30/h1,3-4,9-14,18,20-23,36,38-42,50-53,55-57,60H,2,5-8,15-17,19,24-25H2,(H,58,59)/b14-12+/t36-,38-,39+,40-,41+,42-,45-,46+/m1/s1. The van der Waals surface area contributed by atoms with E-state index in [1.54, 1.807) is 24.4 Å². The van der Waals surface area contributed by atoms with Gasteiger partial charge in [0.2, 0.25) is 0 Å². The molecule has 5 aliphatic rings. The maximum absolute atomic E-state index is 15.0. The molecule has 0 radical (unpaired) electrons. The number of carboxylic acid groups (broad SMARTS) is 1. The van der Waals surface area contributed by atoms with Crippen LogP contribution in [0.2, 0.25) is 0 Å². The Kier molecular flexibility index (Phi) is 11.9. The first-order valence-corrected chi connectivity index (χ1v) is 20.9. The van der Waals surface area contributed by atoms with Crippen molar-refractivity contribution in [2.45, 2.75) is 98.6 Å². The highest BCUT2D eigenvalue weighted by atomic mass is 16.8. The van der Waals surface area contributed by atoms with E-state index < -0.39 is 83.2 Å². The second-order valence-corrected chi connectivity index (χ2v) is 16.8. The number of benzene rings is 3. The Morgan fingerprint density at radius 2 is 1.69 bits per heavy atom. The predicted octanol–water partition coefficient (Wildman–Crippen LogP) is 2.82. The second kappa shape index (κ2) is 17.0. The van der Waals surface area contributed by atoms with Crippen molar-refractivity contribution in [3.8, 4) is 17.2 Å². The molecule has 1 amide bonds. The van der Waals surface area contributed by atoms with E-state index in [4.69, 9.17) is 9.47 Å². The molecule has 3 aromatic carbocycles. The van der Waals surface area contributed by atoms with Crippen LogP contribution in [0.3, 0.4) is 0 Å². The number of anilines is 1. The van der Waals surface area contributed by atoms with E-state index in [-0.39, 0.29) is 30.0 Å². The number of aliphatic carboxylic acids is 1. The first-order chi connectivity index (χ1) is 29.8. The van der Waals surface area contributed by atoms with Crippen molar-refractivity contribution in [3.63, 3.8) is 0 Å². The number of hydrogen-bond donors (Lipinski definition) is 9. The molecule has 1 saturated carbocycles. The van der Waals surface area contributed by atoms with E-state index in [0.717, 1.165) is 41.4 Å². The van der Waals surface area contributed by atoms with Crippen molar-refractivity contribution in [1.82, 2.24) is 0 Å². The maximum Gasteiger partial charge on any atom is 0.355 e. The van der Waals surface area contributed by atoms with Crippen molar-refractivity contribution in [1.29, 1.82) is 0 Å². The van der Waals surface area contributed by atoms with Gasteiger partial charge in [0.05, 0.1) is 18.0 Å². The molecule has 3 aliphatic heterocycles. The Morgan fingerprint density at radius 1 is 0.935 bits per heavy atom. The predicted molar refractivity (Wildman–Crippen MR) is 225 cm³/mol.